The molecule has 1 aromatic carbocycles. The Kier molecular flexibility index (Phi) is 3.70. The lowest BCUT2D eigenvalue weighted by Crippen LogP contribution is -2.27. The first-order valence-corrected chi connectivity index (χ1v) is 5.39. The van der Waals surface area contributed by atoms with Crippen molar-refractivity contribution in [2.45, 2.75) is 39.0 Å². The van der Waals surface area contributed by atoms with Gasteiger partial charge in [0.2, 0.25) is 0 Å². The molecule has 0 heterocycles. The normalized spacial score (nSPS) is 11.7. The Morgan fingerprint density at radius 1 is 1.14 bits per heavy atom. The van der Waals surface area contributed by atoms with Gasteiger partial charge in [0.25, 0.3) is 0 Å². The molecule has 0 aliphatic carbocycles. The van der Waals surface area contributed by atoms with Gasteiger partial charge in [-0.1, -0.05) is 51.5 Å². The monoisotopic (exact) mass is 191 g/mol. The smallest absolute Gasteiger partial charge is 0.00190 e. The number of rotatable bonds is 4. The van der Waals surface area contributed by atoms with Crippen LogP contribution in [0.4, 0.5) is 0 Å². The first-order valence-electron chi connectivity index (χ1n) is 5.39. The molecule has 2 N–H and O–H groups in total. The van der Waals surface area contributed by atoms with E-state index in [1.807, 2.05) is 0 Å². The molecule has 0 spiro atoms. The van der Waals surface area contributed by atoms with E-state index in [-0.39, 0.29) is 5.41 Å². The first kappa shape index (κ1) is 11.3. The van der Waals surface area contributed by atoms with Gasteiger partial charge in [-0.05, 0) is 17.5 Å². The van der Waals surface area contributed by atoms with Gasteiger partial charge in [0, 0.05) is 12.0 Å². The minimum absolute atomic E-state index is 0.102. The third kappa shape index (κ3) is 2.58. The van der Waals surface area contributed by atoms with Crippen LogP contribution in [-0.4, -0.2) is 6.54 Å². The predicted octanol–water partition coefficient (Wildman–Crippen LogP) is 2.88. The molecule has 14 heavy (non-hydrogen) atoms. The summed E-state index contributed by atoms with van der Waals surface area (Å²) in [7, 11) is 0. The Labute approximate surface area is 87.3 Å². The molecule has 78 valence electrons. The van der Waals surface area contributed by atoms with Gasteiger partial charge in [-0.3, -0.25) is 0 Å². The molecule has 0 aliphatic heterocycles. The SMILES string of the molecule is CCCc1ccc(C(C)(C)CN)cc1. The Balaban J connectivity index is 2.82. The van der Waals surface area contributed by atoms with Gasteiger partial charge in [0.05, 0.1) is 0 Å². The van der Waals surface area contributed by atoms with E-state index in [0.717, 1.165) is 0 Å². The van der Waals surface area contributed by atoms with E-state index >= 15 is 0 Å². The Bertz CT molecular complexity index is 272. The minimum Gasteiger partial charge on any atom is -0.330 e. The van der Waals surface area contributed by atoms with Crippen molar-refractivity contribution in [1.29, 1.82) is 0 Å². The highest BCUT2D eigenvalue weighted by atomic mass is 14.6. The van der Waals surface area contributed by atoms with Crippen LogP contribution < -0.4 is 5.73 Å². The summed E-state index contributed by atoms with van der Waals surface area (Å²) < 4.78 is 0. The Hall–Kier alpha value is -0.820. The van der Waals surface area contributed by atoms with Gasteiger partial charge < -0.3 is 5.73 Å². The van der Waals surface area contributed by atoms with Gasteiger partial charge in [0.1, 0.15) is 0 Å². The maximum atomic E-state index is 5.74. The van der Waals surface area contributed by atoms with Crippen LogP contribution in [0.5, 0.6) is 0 Å². The fraction of sp³-hybridized carbons (Fsp3) is 0.538. The average molecular weight is 191 g/mol. The molecule has 0 radical (unpaired) electrons. The topological polar surface area (TPSA) is 26.0 Å². The number of hydrogen-bond donors (Lipinski definition) is 1. The zero-order valence-electron chi connectivity index (χ0n) is 9.51. The fourth-order valence-electron chi connectivity index (χ4n) is 1.53. The number of aryl methyl sites for hydroxylation is 1. The summed E-state index contributed by atoms with van der Waals surface area (Å²) in [6.45, 7) is 7.27. The summed E-state index contributed by atoms with van der Waals surface area (Å²) in [5.74, 6) is 0. The molecule has 1 rings (SSSR count). The molecule has 1 aromatic rings. The van der Waals surface area contributed by atoms with Crippen molar-refractivity contribution in [3.8, 4) is 0 Å². The molecule has 0 aliphatic rings. The summed E-state index contributed by atoms with van der Waals surface area (Å²) in [5.41, 5.74) is 8.59. The third-order valence-corrected chi connectivity index (χ3v) is 2.78. The van der Waals surface area contributed by atoms with Crippen molar-refractivity contribution in [2.75, 3.05) is 6.54 Å². The summed E-state index contributed by atoms with van der Waals surface area (Å²) in [4.78, 5) is 0. The van der Waals surface area contributed by atoms with E-state index < -0.39 is 0 Å². The van der Waals surface area contributed by atoms with Crippen LogP contribution in [0.2, 0.25) is 0 Å². The number of hydrogen-bond acceptors (Lipinski definition) is 1. The highest BCUT2D eigenvalue weighted by Crippen LogP contribution is 2.22. The molecule has 1 nitrogen and oxygen atoms in total. The molecule has 0 atom stereocenters. The molecule has 1 heteroatoms. The van der Waals surface area contributed by atoms with Gasteiger partial charge in [-0.15, -0.1) is 0 Å². The highest BCUT2D eigenvalue weighted by Gasteiger charge is 2.17. The largest absolute Gasteiger partial charge is 0.330 e. The van der Waals surface area contributed by atoms with Crippen LogP contribution in [0, 0.1) is 0 Å². The minimum atomic E-state index is 0.102. The summed E-state index contributed by atoms with van der Waals surface area (Å²) in [6.07, 6.45) is 2.38. The maximum absolute atomic E-state index is 5.74. The number of nitrogens with two attached hydrogens (primary N) is 1. The average Bonchev–Trinajstić information content (AvgIpc) is 2.19. The lowest BCUT2D eigenvalue weighted by molar-refractivity contribution is 0.539. The number of benzene rings is 1. The molecule has 0 amide bonds. The standard InChI is InChI=1S/C13H21N/c1-4-5-11-6-8-12(9-7-11)13(2,3)10-14/h6-9H,4-5,10,14H2,1-3H3. The maximum Gasteiger partial charge on any atom is 0.00190 e. The van der Waals surface area contributed by atoms with E-state index in [1.54, 1.807) is 0 Å². The van der Waals surface area contributed by atoms with E-state index in [2.05, 4.69) is 45.0 Å². The van der Waals surface area contributed by atoms with Crippen LogP contribution in [0.3, 0.4) is 0 Å². The zero-order chi connectivity index (χ0) is 10.6. The molecule has 0 aromatic heterocycles. The third-order valence-electron chi connectivity index (χ3n) is 2.78. The van der Waals surface area contributed by atoms with Crippen LogP contribution in [0.15, 0.2) is 24.3 Å². The molecule has 0 unspecified atom stereocenters. The quantitative estimate of drug-likeness (QED) is 0.778. The van der Waals surface area contributed by atoms with Gasteiger partial charge in [-0.2, -0.15) is 0 Å². The van der Waals surface area contributed by atoms with Crippen LogP contribution in [0.25, 0.3) is 0 Å². The first-order chi connectivity index (χ1) is 6.60. The van der Waals surface area contributed by atoms with Gasteiger partial charge >= 0.3 is 0 Å². The summed E-state index contributed by atoms with van der Waals surface area (Å²) in [6, 6.07) is 8.85. The van der Waals surface area contributed by atoms with Gasteiger partial charge in [-0.25, -0.2) is 0 Å². The lowest BCUT2D eigenvalue weighted by Gasteiger charge is -2.23. The summed E-state index contributed by atoms with van der Waals surface area (Å²) in [5, 5.41) is 0. The molecule has 0 bridgehead atoms. The van der Waals surface area contributed by atoms with Crippen LogP contribution >= 0.6 is 0 Å². The van der Waals surface area contributed by atoms with E-state index in [1.165, 1.54) is 24.0 Å². The second kappa shape index (κ2) is 4.61. The predicted molar refractivity (Wildman–Crippen MR) is 62.5 cm³/mol. The van der Waals surface area contributed by atoms with Crippen molar-refractivity contribution >= 4 is 0 Å². The second-order valence-corrected chi connectivity index (χ2v) is 4.53. The van der Waals surface area contributed by atoms with E-state index in [0.29, 0.717) is 6.54 Å². The lowest BCUT2D eigenvalue weighted by atomic mass is 9.84. The van der Waals surface area contributed by atoms with Gasteiger partial charge in [0.15, 0.2) is 0 Å². The second-order valence-electron chi connectivity index (χ2n) is 4.53. The van der Waals surface area contributed by atoms with E-state index in [4.69, 9.17) is 5.73 Å². The van der Waals surface area contributed by atoms with Crippen LogP contribution in [0.1, 0.15) is 38.3 Å². The van der Waals surface area contributed by atoms with Crippen molar-refractivity contribution in [3.05, 3.63) is 35.4 Å². The molecule has 0 saturated heterocycles. The molecular formula is C13H21N. The van der Waals surface area contributed by atoms with Crippen molar-refractivity contribution in [2.24, 2.45) is 5.73 Å². The Morgan fingerprint density at radius 2 is 1.71 bits per heavy atom. The van der Waals surface area contributed by atoms with Crippen molar-refractivity contribution < 1.29 is 0 Å². The Morgan fingerprint density at radius 3 is 2.14 bits per heavy atom. The summed E-state index contributed by atoms with van der Waals surface area (Å²) >= 11 is 0. The van der Waals surface area contributed by atoms with E-state index in [9.17, 15) is 0 Å². The molecular weight excluding hydrogens is 170 g/mol. The fourth-order valence-corrected chi connectivity index (χ4v) is 1.53. The molecule has 0 fully saturated rings. The van der Waals surface area contributed by atoms with Crippen LogP contribution in [-0.2, 0) is 11.8 Å². The van der Waals surface area contributed by atoms with Crippen molar-refractivity contribution in [1.82, 2.24) is 0 Å². The van der Waals surface area contributed by atoms with Crippen molar-refractivity contribution in [3.63, 3.8) is 0 Å². The highest BCUT2D eigenvalue weighted by molar-refractivity contribution is 5.28. The molecule has 0 saturated carbocycles. The zero-order valence-corrected chi connectivity index (χ0v) is 9.51.